The number of hydrogen-bond donors (Lipinski definition) is 2. The first-order chi connectivity index (χ1) is 4.72. The molecule has 1 atom stereocenters. The second-order valence-electron chi connectivity index (χ2n) is 2.07. The number of aromatic nitrogens is 2. The Labute approximate surface area is 57.9 Å². The van der Waals surface area contributed by atoms with Gasteiger partial charge in [-0.1, -0.05) is 0 Å². The Bertz CT molecular complexity index is 218. The number of carboxylic acid groups (broad SMARTS) is 1. The molecule has 4 heteroatoms. The Morgan fingerprint density at radius 3 is 3.00 bits per heavy atom. The molecule has 54 valence electrons. The van der Waals surface area contributed by atoms with E-state index < -0.39 is 11.9 Å². The van der Waals surface area contributed by atoms with Gasteiger partial charge < -0.3 is 10.1 Å². The Balaban J connectivity index is 2.77. The first kappa shape index (κ1) is 6.80. The zero-order valence-electron chi connectivity index (χ0n) is 5.53. The summed E-state index contributed by atoms with van der Waals surface area (Å²) in [6.07, 6.45) is 2.98. The van der Waals surface area contributed by atoms with Crippen molar-refractivity contribution in [2.24, 2.45) is 0 Å². The molecule has 0 aliphatic carbocycles. The molecule has 0 aliphatic heterocycles. The number of nitrogens with zero attached hydrogens (tertiary/aromatic N) is 1. The Morgan fingerprint density at radius 1 is 1.90 bits per heavy atom. The summed E-state index contributed by atoms with van der Waals surface area (Å²) in [6, 6.07) is 0. The molecule has 0 aliphatic rings. The molecule has 0 amide bonds. The summed E-state index contributed by atoms with van der Waals surface area (Å²) in [4.78, 5) is 16.8. The molecular weight excluding hydrogens is 132 g/mol. The zero-order chi connectivity index (χ0) is 7.56. The fourth-order valence-corrected chi connectivity index (χ4v) is 0.636. The van der Waals surface area contributed by atoms with Crippen molar-refractivity contribution in [2.45, 2.75) is 12.8 Å². The standard InChI is InChI=1S/C6H8N2O2/c1-4(6(9)10)5-2-7-3-8-5/h2-4H,1H3,(H,7,8)(H,9,10)/t4-/m1/s1. The highest BCUT2D eigenvalue weighted by molar-refractivity contribution is 5.74. The molecular formula is C6H8N2O2. The molecule has 4 nitrogen and oxygen atoms in total. The van der Waals surface area contributed by atoms with Crippen LogP contribution >= 0.6 is 0 Å². The number of aliphatic carboxylic acids is 1. The molecule has 0 saturated heterocycles. The van der Waals surface area contributed by atoms with Gasteiger partial charge in [0.25, 0.3) is 0 Å². The Hall–Kier alpha value is -1.32. The van der Waals surface area contributed by atoms with Gasteiger partial charge in [-0.15, -0.1) is 0 Å². The molecule has 0 aromatic carbocycles. The second-order valence-corrected chi connectivity index (χ2v) is 2.07. The van der Waals surface area contributed by atoms with Crippen molar-refractivity contribution in [1.29, 1.82) is 0 Å². The van der Waals surface area contributed by atoms with Crippen molar-refractivity contribution in [3.8, 4) is 0 Å². The van der Waals surface area contributed by atoms with Crippen LogP contribution in [0.15, 0.2) is 12.5 Å². The van der Waals surface area contributed by atoms with E-state index in [0.29, 0.717) is 5.69 Å². The van der Waals surface area contributed by atoms with Gasteiger partial charge in [-0.2, -0.15) is 0 Å². The molecule has 0 bridgehead atoms. The minimum atomic E-state index is -0.843. The number of imidazole rings is 1. The van der Waals surface area contributed by atoms with Crippen molar-refractivity contribution in [3.63, 3.8) is 0 Å². The van der Waals surface area contributed by atoms with Crippen LogP contribution in [0.3, 0.4) is 0 Å². The first-order valence-electron chi connectivity index (χ1n) is 2.93. The van der Waals surface area contributed by atoms with E-state index in [4.69, 9.17) is 5.11 Å². The summed E-state index contributed by atoms with van der Waals surface area (Å²) < 4.78 is 0. The van der Waals surface area contributed by atoms with Crippen molar-refractivity contribution in [1.82, 2.24) is 9.97 Å². The number of nitrogens with one attached hydrogen (secondary N) is 1. The molecule has 2 N–H and O–H groups in total. The third-order valence-corrected chi connectivity index (χ3v) is 1.36. The van der Waals surface area contributed by atoms with Gasteiger partial charge >= 0.3 is 5.97 Å². The maximum absolute atomic E-state index is 10.3. The van der Waals surface area contributed by atoms with E-state index in [-0.39, 0.29) is 0 Å². The lowest BCUT2D eigenvalue weighted by Gasteiger charge is -1.99. The zero-order valence-corrected chi connectivity index (χ0v) is 5.53. The lowest BCUT2D eigenvalue weighted by Crippen LogP contribution is -2.07. The second kappa shape index (κ2) is 2.51. The van der Waals surface area contributed by atoms with Gasteiger partial charge in [-0.05, 0) is 6.92 Å². The van der Waals surface area contributed by atoms with Gasteiger partial charge in [0, 0.05) is 11.9 Å². The summed E-state index contributed by atoms with van der Waals surface area (Å²) in [5.41, 5.74) is 0.632. The average molecular weight is 140 g/mol. The van der Waals surface area contributed by atoms with E-state index in [1.54, 1.807) is 6.92 Å². The molecule has 0 unspecified atom stereocenters. The van der Waals surface area contributed by atoms with Gasteiger partial charge in [0.05, 0.1) is 12.2 Å². The monoisotopic (exact) mass is 140 g/mol. The van der Waals surface area contributed by atoms with Gasteiger partial charge in [0.15, 0.2) is 0 Å². The van der Waals surface area contributed by atoms with Crippen LogP contribution < -0.4 is 0 Å². The number of aromatic amines is 1. The summed E-state index contributed by atoms with van der Waals surface area (Å²) in [7, 11) is 0. The summed E-state index contributed by atoms with van der Waals surface area (Å²) in [6.45, 7) is 1.61. The molecule has 10 heavy (non-hydrogen) atoms. The first-order valence-corrected chi connectivity index (χ1v) is 2.93. The van der Waals surface area contributed by atoms with Crippen LogP contribution in [0, 0.1) is 0 Å². The smallest absolute Gasteiger partial charge is 0.312 e. The molecule has 1 rings (SSSR count). The fourth-order valence-electron chi connectivity index (χ4n) is 0.636. The highest BCUT2D eigenvalue weighted by Crippen LogP contribution is 2.09. The highest BCUT2D eigenvalue weighted by Gasteiger charge is 2.13. The quantitative estimate of drug-likeness (QED) is 0.632. The predicted octanol–water partition coefficient (Wildman–Crippen LogP) is 0.598. The Kier molecular flexibility index (Phi) is 1.71. The average Bonchev–Trinajstić information content (AvgIpc) is 2.36. The molecule has 0 radical (unpaired) electrons. The van der Waals surface area contributed by atoms with Crippen LogP contribution in [0.1, 0.15) is 18.5 Å². The van der Waals surface area contributed by atoms with Crippen molar-refractivity contribution in [2.75, 3.05) is 0 Å². The van der Waals surface area contributed by atoms with Crippen LogP contribution in [0.2, 0.25) is 0 Å². The number of H-pyrrole nitrogens is 1. The maximum atomic E-state index is 10.3. The predicted molar refractivity (Wildman–Crippen MR) is 34.6 cm³/mol. The lowest BCUT2D eigenvalue weighted by molar-refractivity contribution is -0.138. The van der Waals surface area contributed by atoms with Gasteiger partial charge in [0.2, 0.25) is 0 Å². The maximum Gasteiger partial charge on any atom is 0.312 e. The summed E-state index contributed by atoms with van der Waals surface area (Å²) >= 11 is 0. The molecule has 0 spiro atoms. The van der Waals surface area contributed by atoms with Gasteiger partial charge in [-0.3, -0.25) is 4.79 Å². The van der Waals surface area contributed by atoms with Crippen LogP contribution in [-0.4, -0.2) is 21.0 Å². The third kappa shape index (κ3) is 1.15. The number of rotatable bonds is 2. The van der Waals surface area contributed by atoms with Crippen LogP contribution in [0.4, 0.5) is 0 Å². The minimum absolute atomic E-state index is 0.498. The minimum Gasteiger partial charge on any atom is -0.481 e. The van der Waals surface area contributed by atoms with E-state index in [2.05, 4.69) is 9.97 Å². The highest BCUT2D eigenvalue weighted by atomic mass is 16.4. The van der Waals surface area contributed by atoms with Crippen molar-refractivity contribution in [3.05, 3.63) is 18.2 Å². The number of carbonyl (C=O) groups is 1. The number of carboxylic acids is 1. The Morgan fingerprint density at radius 2 is 2.60 bits per heavy atom. The van der Waals surface area contributed by atoms with Crippen LogP contribution in [0.25, 0.3) is 0 Å². The van der Waals surface area contributed by atoms with Crippen LogP contribution in [0.5, 0.6) is 0 Å². The van der Waals surface area contributed by atoms with Crippen molar-refractivity contribution < 1.29 is 9.90 Å². The molecule has 0 saturated carbocycles. The SMILES string of the molecule is C[C@@H](C(=O)O)c1cnc[nH]1. The molecule has 1 aromatic rings. The summed E-state index contributed by atoms with van der Waals surface area (Å²) in [5, 5.41) is 8.51. The molecule has 1 aromatic heterocycles. The topological polar surface area (TPSA) is 66.0 Å². The normalized spacial score (nSPS) is 12.9. The van der Waals surface area contributed by atoms with Gasteiger partial charge in [-0.25, -0.2) is 4.98 Å². The van der Waals surface area contributed by atoms with E-state index in [9.17, 15) is 4.79 Å². The molecule has 1 heterocycles. The summed E-state index contributed by atoms with van der Waals surface area (Å²) in [5.74, 6) is -1.34. The molecule has 0 fully saturated rings. The van der Waals surface area contributed by atoms with Crippen molar-refractivity contribution >= 4 is 5.97 Å². The third-order valence-electron chi connectivity index (χ3n) is 1.36. The van der Waals surface area contributed by atoms with Gasteiger partial charge in [0.1, 0.15) is 0 Å². The largest absolute Gasteiger partial charge is 0.481 e. The lowest BCUT2D eigenvalue weighted by atomic mass is 10.1. The van der Waals surface area contributed by atoms with E-state index in [1.165, 1.54) is 12.5 Å². The number of hydrogen-bond acceptors (Lipinski definition) is 2. The van der Waals surface area contributed by atoms with E-state index in [1.807, 2.05) is 0 Å². The van der Waals surface area contributed by atoms with E-state index >= 15 is 0 Å². The fraction of sp³-hybridized carbons (Fsp3) is 0.333. The van der Waals surface area contributed by atoms with E-state index in [0.717, 1.165) is 0 Å². The van der Waals surface area contributed by atoms with Crippen LogP contribution in [-0.2, 0) is 4.79 Å².